The minimum atomic E-state index is -0.488. The van der Waals surface area contributed by atoms with Crippen molar-refractivity contribution in [2.24, 2.45) is 35.5 Å². The molecule has 0 N–H and O–H groups in total. The van der Waals surface area contributed by atoms with Crippen molar-refractivity contribution in [2.75, 3.05) is 13.2 Å². The number of carbonyl (C=O) groups is 4. The molecule has 0 saturated heterocycles. The predicted molar refractivity (Wildman–Crippen MR) is 135 cm³/mol. The van der Waals surface area contributed by atoms with Gasteiger partial charge in [-0.2, -0.15) is 0 Å². The van der Waals surface area contributed by atoms with E-state index in [0.717, 1.165) is 25.7 Å². The Morgan fingerprint density at radius 1 is 0.658 bits per heavy atom. The van der Waals surface area contributed by atoms with Gasteiger partial charge < -0.3 is 18.9 Å². The maximum atomic E-state index is 12.7. The Kier molecular flexibility index (Phi) is 7.49. The van der Waals surface area contributed by atoms with Crippen LogP contribution in [0.4, 0.5) is 0 Å². The molecule has 6 atom stereocenters. The van der Waals surface area contributed by atoms with Crippen LogP contribution in [0.1, 0.15) is 60.2 Å². The molecule has 0 spiro atoms. The summed E-state index contributed by atoms with van der Waals surface area (Å²) in [6.45, 7) is 3.28. The Labute approximate surface area is 221 Å². The Morgan fingerprint density at radius 3 is 1.76 bits per heavy atom. The number of para-hydroxylation sites is 2. The van der Waals surface area contributed by atoms with Gasteiger partial charge in [0.05, 0.1) is 13.2 Å². The number of esters is 4. The van der Waals surface area contributed by atoms with Crippen molar-refractivity contribution in [3.8, 4) is 11.5 Å². The van der Waals surface area contributed by atoms with Gasteiger partial charge in [-0.3, -0.25) is 9.59 Å². The van der Waals surface area contributed by atoms with Crippen LogP contribution in [0, 0.1) is 35.5 Å². The molecule has 3 saturated carbocycles. The number of ether oxygens (including phenoxy) is 4. The molecular formula is C30H32O8. The van der Waals surface area contributed by atoms with E-state index in [-0.39, 0.29) is 28.5 Å². The van der Waals surface area contributed by atoms with Crippen LogP contribution < -0.4 is 9.47 Å². The Morgan fingerprint density at radius 2 is 1.18 bits per heavy atom. The van der Waals surface area contributed by atoms with E-state index in [1.54, 1.807) is 48.5 Å². The second-order valence-electron chi connectivity index (χ2n) is 10.7. The van der Waals surface area contributed by atoms with Gasteiger partial charge in [0.15, 0.2) is 0 Å². The number of benzene rings is 2. The zero-order valence-electron chi connectivity index (χ0n) is 21.6. The molecule has 2 bridgehead atoms. The van der Waals surface area contributed by atoms with E-state index in [1.165, 1.54) is 13.8 Å². The van der Waals surface area contributed by atoms with Crippen molar-refractivity contribution < 1.29 is 38.1 Å². The molecule has 4 unspecified atom stereocenters. The molecule has 38 heavy (non-hydrogen) atoms. The molecule has 2 aromatic rings. The highest BCUT2D eigenvalue weighted by Gasteiger charge is 2.56. The van der Waals surface area contributed by atoms with Gasteiger partial charge in [-0.25, -0.2) is 9.59 Å². The molecule has 3 fully saturated rings. The summed E-state index contributed by atoms with van der Waals surface area (Å²) in [5.41, 5.74) is 0.500. The van der Waals surface area contributed by atoms with E-state index in [0.29, 0.717) is 42.8 Å². The van der Waals surface area contributed by atoms with E-state index >= 15 is 0 Å². The molecule has 2 aromatic carbocycles. The highest BCUT2D eigenvalue weighted by molar-refractivity contribution is 5.94. The molecule has 0 aromatic heterocycles. The molecule has 5 rings (SSSR count). The molecule has 0 radical (unpaired) electrons. The van der Waals surface area contributed by atoms with Crippen LogP contribution in [0.2, 0.25) is 0 Å². The van der Waals surface area contributed by atoms with Crippen molar-refractivity contribution in [3.05, 3.63) is 59.7 Å². The number of hydrogen-bond donors (Lipinski definition) is 0. The Hall–Kier alpha value is -3.68. The first-order valence-corrected chi connectivity index (χ1v) is 13.2. The van der Waals surface area contributed by atoms with Gasteiger partial charge in [-0.1, -0.05) is 24.3 Å². The fraction of sp³-hybridized carbons (Fsp3) is 0.467. The average Bonchev–Trinajstić information content (AvgIpc) is 3.58. The van der Waals surface area contributed by atoms with Gasteiger partial charge in [0.1, 0.15) is 22.6 Å². The summed E-state index contributed by atoms with van der Waals surface area (Å²) in [7, 11) is 0. The van der Waals surface area contributed by atoms with Gasteiger partial charge in [-0.15, -0.1) is 0 Å². The minimum absolute atomic E-state index is 0.208. The van der Waals surface area contributed by atoms with Gasteiger partial charge >= 0.3 is 23.9 Å². The SMILES string of the molecule is CC(=O)Oc1ccccc1C(=O)OCC1C[C@@H]2C3CC(CC3COC(=O)c3ccccc3OC(C)=O)[C@@H]2C1. The minimum Gasteiger partial charge on any atom is -0.462 e. The van der Waals surface area contributed by atoms with Crippen molar-refractivity contribution in [1.29, 1.82) is 0 Å². The lowest BCUT2D eigenvalue weighted by Gasteiger charge is -2.31. The third kappa shape index (κ3) is 5.44. The lowest BCUT2D eigenvalue weighted by Crippen LogP contribution is -2.28. The fourth-order valence-corrected chi connectivity index (χ4v) is 6.94. The highest BCUT2D eigenvalue weighted by atomic mass is 16.6. The molecule has 3 aliphatic rings. The van der Waals surface area contributed by atoms with Crippen LogP contribution in [0.3, 0.4) is 0 Å². The third-order valence-electron chi connectivity index (χ3n) is 8.30. The molecule has 8 heteroatoms. The van der Waals surface area contributed by atoms with Gasteiger partial charge in [-0.05, 0) is 85.5 Å². The van der Waals surface area contributed by atoms with Gasteiger partial charge in [0.2, 0.25) is 0 Å². The maximum absolute atomic E-state index is 12.7. The summed E-state index contributed by atoms with van der Waals surface area (Å²) in [5.74, 6) is 1.33. The Balaban J connectivity index is 1.13. The highest BCUT2D eigenvalue weighted by Crippen LogP contribution is 2.62. The largest absolute Gasteiger partial charge is 0.462 e. The quantitative estimate of drug-likeness (QED) is 0.359. The van der Waals surface area contributed by atoms with E-state index in [4.69, 9.17) is 18.9 Å². The van der Waals surface area contributed by atoms with E-state index in [1.807, 2.05) is 0 Å². The maximum Gasteiger partial charge on any atom is 0.341 e. The predicted octanol–water partition coefficient (Wildman–Crippen LogP) is 4.85. The van der Waals surface area contributed by atoms with Crippen molar-refractivity contribution in [1.82, 2.24) is 0 Å². The average molecular weight is 521 g/mol. The van der Waals surface area contributed by atoms with Crippen molar-refractivity contribution in [2.45, 2.75) is 39.5 Å². The second-order valence-corrected chi connectivity index (χ2v) is 10.7. The smallest absolute Gasteiger partial charge is 0.341 e. The molecule has 0 amide bonds. The zero-order chi connectivity index (χ0) is 26.8. The van der Waals surface area contributed by atoms with Gasteiger partial charge in [0.25, 0.3) is 0 Å². The summed E-state index contributed by atoms with van der Waals surface area (Å²) < 4.78 is 21.6. The van der Waals surface area contributed by atoms with Crippen LogP contribution in [-0.4, -0.2) is 37.1 Å². The normalized spacial score (nSPS) is 26.9. The van der Waals surface area contributed by atoms with E-state index < -0.39 is 23.9 Å². The van der Waals surface area contributed by atoms with E-state index in [2.05, 4.69) is 0 Å². The molecule has 0 aliphatic heterocycles. The van der Waals surface area contributed by atoms with Crippen molar-refractivity contribution >= 4 is 23.9 Å². The van der Waals surface area contributed by atoms with Crippen LogP contribution in [0.5, 0.6) is 11.5 Å². The van der Waals surface area contributed by atoms with Gasteiger partial charge in [0, 0.05) is 13.8 Å². The third-order valence-corrected chi connectivity index (χ3v) is 8.30. The van der Waals surface area contributed by atoms with Crippen LogP contribution in [0.15, 0.2) is 48.5 Å². The monoisotopic (exact) mass is 520 g/mol. The first-order valence-electron chi connectivity index (χ1n) is 13.2. The molecule has 0 heterocycles. The molecular weight excluding hydrogens is 488 g/mol. The van der Waals surface area contributed by atoms with Crippen LogP contribution in [-0.2, 0) is 19.1 Å². The lowest BCUT2D eigenvalue weighted by molar-refractivity contribution is -0.132. The number of fused-ring (bicyclic) bond motifs is 5. The second kappa shape index (κ2) is 11.0. The first-order chi connectivity index (χ1) is 18.3. The molecule has 8 nitrogen and oxygen atoms in total. The summed E-state index contributed by atoms with van der Waals surface area (Å²) in [5, 5.41) is 0. The lowest BCUT2D eigenvalue weighted by atomic mass is 9.76. The summed E-state index contributed by atoms with van der Waals surface area (Å²) >= 11 is 0. The van der Waals surface area contributed by atoms with Crippen LogP contribution >= 0.6 is 0 Å². The summed E-state index contributed by atoms with van der Waals surface area (Å²) in [4.78, 5) is 48.2. The zero-order valence-corrected chi connectivity index (χ0v) is 21.6. The number of rotatable bonds is 8. The number of carbonyl (C=O) groups excluding carboxylic acids is 4. The summed E-state index contributed by atoms with van der Waals surface area (Å²) in [6.07, 6.45) is 4.22. The van der Waals surface area contributed by atoms with Crippen molar-refractivity contribution in [3.63, 3.8) is 0 Å². The summed E-state index contributed by atoms with van der Waals surface area (Å²) in [6, 6.07) is 13.2. The fourth-order valence-electron chi connectivity index (χ4n) is 6.94. The standard InChI is InChI=1S/C30H32O8/c1-17(31)37-27-9-5-3-7-22(27)29(33)35-15-19-11-24-20-13-21(25(14-20)26(24)12-19)16-36-30(34)23-8-4-6-10-28(23)38-18(2)32/h3-10,19-21,24-26H,11-16H2,1-2H3/t19?,20?,21?,24-,25?,26-/m0/s1. The van der Waals surface area contributed by atoms with Crippen LogP contribution in [0.25, 0.3) is 0 Å². The molecule has 200 valence electrons. The first kappa shape index (κ1) is 25.9. The topological polar surface area (TPSA) is 105 Å². The number of hydrogen-bond acceptors (Lipinski definition) is 8. The Bertz CT molecular complexity index is 1240. The molecule has 3 aliphatic carbocycles. The van der Waals surface area contributed by atoms with E-state index in [9.17, 15) is 19.2 Å².